The third-order valence-electron chi connectivity index (χ3n) is 4.49. The summed E-state index contributed by atoms with van der Waals surface area (Å²) in [5, 5.41) is 0. The fourth-order valence-corrected chi connectivity index (χ4v) is 3.19. The van der Waals surface area contributed by atoms with Crippen molar-refractivity contribution in [2.75, 3.05) is 5.88 Å². The fourth-order valence-electron chi connectivity index (χ4n) is 3.00. The van der Waals surface area contributed by atoms with E-state index in [4.69, 9.17) is 11.6 Å². The third-order valence-corrected chi connectivity index (χ3v) is 4.75. The molecule has 0 fully saturated rings. The van der Waals surface area contributed by atoms with Crippen molar-refractivity contribution < 1.29 is 0 Å². The first kappa shape index (κ1) is 32.9. The standard InChI is InChI=1S/C20H41Cl.2ClH.H3P/c1-2-3-4-5-6-7-8-9-10-11-12-13-14-15-16-17-18-19-20-21;;;/h2-20H2,1H3;2*1H;1H3. The number of hydrogen-bond acceptors (Lipinski definition) is 0. The Balaban J connectivity index is -0.000000667. The lowest BCUT2D eigenvalue weighted by atomic mass is 10.0. The SMILES string of the molecule is CCCCCCCCCCCCCCCCCCCCCl.Cl.Cl.P. The van der Waals surface area contributed by atoms with E-state index in [1.807, 2.05) is 0 Å². The molecule has 1 atom stereocenters. The second-order valence-corrected chi connectivity index (χ2v) is 7.08. The van der Waals surface area contributed by atoms with Gasteiger partial charge in [-0.15, -0.1) is 36.4 Å². The molecule has 0 heterocycles. The Hall–Kier alpha value is 1.30. The smallest absolute Gasteiger partial charge is 0.0223 e. The van der Waals surface area contributed by atoms with Crippen molar-refractivity contribution in [3.05, 3.63) is 0 Å². The lowest BCUT2D eigenvalue weighted by Crippen LogP contribution is -1.84. The maximum Gasteiger partial charge on any atom is 0.0223 e. The molecule has 0 saturated carbocycles. The van der Waals surface area contributed by atoms with Gasteiger partial charge >= 0.3 is 0 Å². The highest BCUT2D eigenvalue weighted by Crippen LogP contribution is 2.14. The highest BCUT2D eigenvalue weighted by atomic mass is 35.5. The monoisotopic (exact) mass is 422 g/mol. The summed E-state index contributed by atoms with van der Waals surface area (Å²) < 4.78 is 0. The van der Waals surface area contributed by atoms with Crippen LogP contribution in [0.25, 0.3) is 0 Å². The van der Waals surface area contributed by atoms with Crippen LogP contribution in [0.1, 0.15) is 122 Å². The molecule has 0 radical (unpaired) electrons. The van der Waals surface area contributed by atoms with Crippen LogP contribution in [0.15, 0.2) is 0 Å². The van der Waals surface area contributed by atoms with E-state index in [9.17, 15) is 0 Å². The van der Waals surface area contributed by atoms with Gasteiger partial charge in [0, 0.05) is 5.88 Å². The van der Waals surface area contributed by atoms with Crippen LogP contribution in [0, 0.1) is 0 Å². The second kappa shape index (κ2) is 32.0. The van der Waals surface area contributed by atoms with E-state index in [2.05, 4.69) is 6.92 Å². The summed E-state index contributed by atoms with van der Waals surface area (Å²) in [5.41, 5.74) is 0. The summed E-state index contributed by atoms with van der Waals surface area (Å²) in [7, 11) is 0. The maximum atomic E-state index is 5.67. The van der Waals surface area contributed by atoms with Gasteiger partial charge in [0.15, 0.2) is 0 Å². The largest absolute Gasteiger partial charge is 0.153 e. The minimum Gasteiger partial charge on any atom is -0.153 e. The van der Waals surface area contributed by atoms with E-state index < -0.39 is 0 Å². The molecule has 0 aliphatic heterocycles. The molecular weight excluding hydrogens is 378 g/mol. The Bertz CT molecular complexity index is 162. The topological polar surface area (TPSA) is 0 Å². The normalized spacial score (nSPS) is 9.75. The van der Waals surface area contributed by atoms with Gasteiger partial charge < -0.3 is 0 Å². The molecule has 152 valence electrons. The van der Waals surface area contributed by atoms with Crippen molar-refractivity contribution in [2.24, 2.45) is 0 Å². The van der Waals surface area contributed by atoms with E-state index in [1.54, 1.807) is 0 Å². The molecule has 0 rings (SSSR count). The lowest BCUT2D eigenvalue weighted by molar-refractivity contribution is 0.526. The van der Waals surface area contributed by atoms with Crippen molar-refractivity contribution >= 4 is 46.3 Å². The summed E-state index contributed by atoms with van der Waals surface area (Å²) in [6, 6.07) is 0. The quantitative estimate of drug-likeness (QED) is 0.117. The van der Waals surface area contributed by atoms with Gasteiger partial charge in [0.2, 0.25) is 0 Å². The summed E-state index contributed by atoms with van der Waals surface area (Å²) in [5.74, 6) is 0.846. The average molecular weight is 424 g/mol. The van der Waals surface area contributed by atoms with E-state index in [0.29, 0.717) is 0 Å². The predicted octanol–water partition coefficient (Wildman–Crippen LogP) is 9.17. The minimum atomic E-state index is 0. The molecule has 0 aromatic rings. The van der Waals surface area contributed by atoms with Crippen LogP contribution in [-0.2, 0) is 0 Å². The van der Waals surface area contributed by atoms with Crippen LogP contribution in [0.2, 0.25) is 0 Å². The molecule has 0 amide bonds. The summed E-state index contributed by atoms with van der Waals surface area (Å²) >= 11 is 5.67. The van der Waals surface area contributed by atoms with Gasteiger partial charge in [-0.05, 0) is 6.42 Å². The summed E-state index contributed by atoms with van der Waals surface area (Å²) in [6.45, 7) is 2.29. The first-order valence-electron chi connectivity index (χ1n) is 9.97. The highest BCUT2D eigenvalue weighted by molar-refractivity contribution is 6.92. The van der Waals surface area contributed by atoms with Crippen LogP contribution >= 0.6 is 46.3 Å². The second-order valence-electron chi connectivity index (χ2n) is 6.70. The first-order chi connectivity index (χ1) is 10.4. The molecule has 0 aromatic heterocycles. The van der Waals surface area contributed by atoms with Gasteiger partial charge in [-0.2, -0.15) is 9.90 Å². The Labute approximate surface area is 174 Å². The molecule has 0 spiro atoms. The van der Waals surface area contributed by atoms with Crippen LogP contribution < -0.4 is 0 Å². The van der Waals surface area contributed by atoms with E-state index in [-0.39, 0.29) is 34.7 Å². The number of unbranched alkanes of at least 4 members (excludes halogenated alkanes) is 17. The van der Waals surface area contributed by atoms with Gasteiger partial charge in [-0.1, -0.05) is 116 Å². The molecule has 24 heavy (non-hydrogen) atoms. The van der Waals surface area contributed by atoms with Crippen molar-refractivity contribution in [1.82, 2.24) is 0 Å². The zero-order chi connectivity index (χ0) is 15.4. The first-order valence-corrected chi connectivity index (χ1v) is 10.5. The number of alkyl halides is 1. The summed E-state index contributed by atoms with van der Waals surface area (Å²) in [6.07, 6.45) is 25.8. The fraction of sp³-hybridized carbons (Fsp3) is 1.00. The molecule has 0 aromatic carbocycles. The van der Waals surface area contributed by atoms with Gasteiger partial charge in [0.1, 0.15) is 0 Å². The Morgan fingerprint density at radius 2 is 0.625 bits per heavy atom. The molecule has 1 unspecified atom stereocenters. The zero-order valence-corrected chi connectivity index (χ0v) is 20.1. The Morgan fingerprint density at radius 1 is 0.417 bits per heavy atom. The molecule has 0 nitrogen and oxygen atoms in total. The average Bonchev–Trinajstić information content (AvgIpc) is 2.50. The van der Waals surface area contributed by atoms with E-state index in [0.717, 1.165) is 5.88 Å². The lowest BCUT2D eigenvalue weighted by Gasteiger charge is -2.03. The minimum absolute atomic E-state index is 0. The molecule has 0 N–H and O–H groups in total. The third kappa shape index (κ3) is 31.1. The van der Waals surface area contributed by atoms with E-state index in [1.165, 1.54) is 116 Å². The molecule has 4 heteroatoms. The number of halogens is 3. The van der Waals surface area contributed by atoms with Crippen molar-refractivity contribution in [1.29, 1.82) is 0 Å². The predicted molar refractivity (Wildman–Crippen MR) is 125 cm³/mol. The molecular formula is C20H46Cl3P. The molecule has 0 aliphatic rings. The van der Waals surface area contributed by atoms with Crippen LogP contribution in [0.4, 0.5) is 0 Å². The van der Waals surface area contributed by atoms with Gasteiger partial charge in [-0.3, -0.25) is 0 Å². The number of hydrogen-bond donors (Lipinski definition) is 0. The van der Waals surface area contributed by atoms with Crippen LogP contribution in [-0.4, -0.2) is 5.88 Å². The molecule has 0 bridgehead atoms. The maximum absolute atomic E-state index is 5.67. The number of rotatable bonds is 18. The van der Waals surface area contributed by atoms with Crippen molar-refractivity contribution in [3.63, 3.8) is 0 Å². The molecule has 0 aliphatic carbocycles. The van der Waals surface area contributed by atoms with Gasteiger partial charge in [0.25, 0.3) is 0 Å². The Kier molecular flexibility index (Phi) is 43.9. The highest BCUT2D eigenvalue weighted by Gasteiger charge is 1.94. The van der Waals surface area contributed by atoms with Crippen LogP contribution in [0.3, 0.4) is 0 Å². The molecule has 0 saturated heterocycles. The zero-order valence-electron chi connectivity index (χ0n) is 16.3. The van der Waals surface area contributed by atoms with E-state index >= 15 is 0 Å². The van der Waals surface area contributed by atoms with Crippen molar-refractivity contribution in [2.45, 2.75) is 122 Å². The summed E-state index contributed by atoms with van der Waals surface area (Å²) in [4.78, 5) is 0. The Morgan fingerprint density at radius 3 is 0.833 bits per heavy atom. The van der Waals surface area contributed by atoms with Crippen molar-refractivity contribution in [3.8, 4) is 0 Å². The van der Waals surface area contributed by atoms with Gasteiger partial charge in [-0.25, -0.2) is 0 Å². The van der Waals surface area contributed by atoms with Crippen LogP contribution in [0.5, 0.6) is 0 Å². The van der Waals surface area contributed by atoms with Gasteiger partial charge in [0.05, 0.1) is 0 Å².